The first-order chi connectivity index (χ1) is 12.0. The van der Waals surface area contributed by atoms with Gasteiger partial charge in [-0.2, -0.15) is 0 Å². The van der Waals surface area contributed by atoms with Crippen LogP contribution in [0.5, 0.6) is 0 Å². The fourth-order valence-electron chi connectivity index (χ4n) is 3.39. The van der Waals surface area contributed by atoms with Crippen LogP contribution in [-0.2, 0) is 11.2 Å². The van der Waals surface area contributed by atoms with Crippen LogP contribution in [0.3, 0.4) is 0 Å². The van der Waals surface area contributed by atoms with Gasteiger partial charge in [0.2, 0.25) is 5.91 Å². The quantitative estimate of drug-likeness (QED) is 0.862. The zero-order valence-electron chi connectivity index (χ0n) is 15.7. The highest BCUT2D eigenvalue weighted by molar-refractivity contribution is 5.86. The normalized spacial score (nSPS) is 16.4. The smallest absolute Gasteiger partial charge is 0.318 e. The Hall–Kier alpha value is -2.04. The predicted octanol–water partition coefficient (Wildman–Crippen LogP) is 2.91. The van der Waals surface area contributed by atoms with Gasteiger partial charge in [0.25, 0.3) is 0 Å². The highest BCUT2D eigenvalue weighted by atomic mass is 16.2. The minimum Gasteiger partial charge on any atom is -0.347 e. The Morgan fingerprint density at radius 2 is 1.84 bits per heavy atom. The molecule has 1 aromatic carbocycles. The van der Waals surface area contributed by atoms with E-state index in [0.717, 1.165) is 32.4 Å². The maximum atomic E-state index is 12.3. The predicted molar refractivity (Wildman–Crippen MR) is 100 cm³/mol. The molecule has 1 aliphatic rings. The van der Waals surface area contributed by atoms with Gasteiger partial charge in [-0.05, 0) is 50.5 Å². The van der Waals surface area contributed by atoms with Gasteiger partial charge in [0.05, 0.1) is 0 Å². The van der Waals surface area contributed by atoms with Crippen molar-refractivity contribution in [1.82, 2.24) is 15.1 Å². The number of urea groups is 1. The summed E-state index contributed by atoms with van der Waals surface area (Å²) in [6.07, 6.45) is 5.66. The molecule has 2 rings (SSSR count). The number of rotatable bonds is 6. The number of nitrogens with one attached hydrogen (secondary N) is 1. The summed E-state index contributed by atoms with van der Waals surface area (Å²) >= 11 is 0. The van der Waals surface area contributed by atoms with Gasteiger partial charge in [0.1, 0.15) is 6.04 Å². The summed E-state index contributed by atoms with van der Waals surface area (Å²) in [4.78, 5) is 27.5. The number of hydrogen-bond acceptors (Lipinski definition) is 2. The van der Waals surface area contributed by atoms with Crippen molar-refractivity contribution in [2.45, 2.75) is 45.1 Å². The number of likely N-dealkylation sites (tertiary alicyclic amines) is 1. The Labute approximate surface area is 151 Å². The number of hydrogen-bond donors (Lipinski definition) is 1. The van der Waals surface area contributed by atoms with E-state index >= 15 is 0 Å². The summed E-state index contributed by atoms with van der Waals surface area (Å²) in [7, 11) is 3.40. The van der Waals surface area contributed by atoms with Gasteiger partial charge in [0.15, 0.2) is 0 Å². The molecule has 0 bridgehead atoms. The largest absolute Gasteiger partial charge is 0.347 e. The van der Waals surface area contributed by atoms with Crippen LogP contribution in [0.15, 0.2) is 30.3 Å². The van der Waals surface area contributed by atoms with Crippen LogP contribution in [0, 0.1) is 5.92 Å². The Balaban J connectivity index is 1.67. The molecule has 1 N–H and O–H groups in total. The highest BCUT2D eigenvalue weighted by Crippen LogP contribution is 2.23. The van der Waals surface area contributed by atoms with Crippen molar-refractivity contribution in [2.24, 2.45) is 5.92 Å². The van der Waals surface area contributed by atoms with E-state index in [1.807, 2.05) is 4.90 Å². The number of nitrogens with zero attached hydrogens (tertiary/aromatic N) is 2. The lowest BCUT2D eigenvalue weighted by Gasteiger charge is -2.33. The van der Waals surface area contributed by atoms with Crippen molar-refractivity contribution in [3.8, 4) is 0 Å². The van der Waals surface area contributed by atoms with Crippen LogP contribution in [0.25, 0.3) is 0 Å². The first-order valence-corrected chi connectivity index (χ1v) is 9.28. The molecule has 5 nitrogen and oxygen atoms in total. The van der Waals surface area contributed by atoms with Crippen molar-refractivity contribution < 1.29 is 9.59 Å². The van der Waals surface area contributed by atoms with E-state index in [1.165, 1.54) is 23.3 Å². The number of benzene rings is 1. The lowest BCUT2D eigenvalue weighted by atomic mass is 9.91. The van der Waals surface area contributed by atoms with Crippen LogP contribution in [0.4, 0.5) is 4.79 Å². The SMILES string of the molecule is CC(NC(=O)N1CCC(CCCc2ccccc2)CC1)C(=O)N(C)C. The van der Waals surface area contributed by atoms with Gasteiger partial charge in [-0.1, -0.05) is 30.3 Å². The van der Waals surface area contributed by atoms with E-state index in [2.05, 4.69) is 35.6 Å². The Bertz CT molecular complexity index is 551. The summed E-state index contributed by atoms with van der Waals surface area (Å²) in [5, 5.41) is 2.81. The van der Waals surface area contributed by atoms with Crippen LogP contribution in [-0.4, -0.2) is 55.0 Å². The summed E-state index contributed by atoms with van der Waals surface area (Å²) < 4.78 is 0. The number of aryl methyl sites for hydroxylation is 1. The molecule has 0 aromatic heterocycles. The number of carbonyl (C=O) groups excluding carboxylic acids is 2. The van der Waals surface area contributed by atoms with Gasteiger partial charge in [-0.3, -0.25) is 4.79 Å². The second kappa shape index (κ2) is 9.44. The molecule has 0 spiro atoms. The molecule has 3 amide bonds. The average Bonchev–Trinajstić information content (AvgIpc) is 2.62. The molecule has 0 saturated carbocycles. The third-order valence-corrected chi connectivity index (χ3v) is 4.97. The Morgan fingerprint density at radius 3 is 2.44 bits per heavy atom. The van der Waals surface area contributed by atoms with Crippen molar-refractivity contribution in [1.29, 1.82) is 0 Å². The Kier molecular flexibility index (Phi) is 7.29. The second-order valence-electron chi connectivity index (χ2n) is 7.21. The van der Waals surface area contributed by atoms with Gasteiger partial charge in [0, 0.05) is 27.2 Å². The fraction of sp³-hybridized carbons (Fsp3) is 0.600. The molecular formula is C20H31N3O2. The van der Waals surface area contributed by atoms with Crippen LogP contribution < -0.4 is 5.32 Å². The minimum atomic E-state index is -0.480. The van der Waals surface area contributed by atoms with E-state index in [9.17, 15) is 9.59 Å². The van der Waals surface area contributed by atoms with E-state index in [-0.39, 0.29) is 11.9 Å². The highest BCUT2D eigenvalue weighted by Gasteiger charge is 2.25. The third-order valence-electron chi connectivity index (χ3n) is 4.97. The van der Waals surface area contributed by atoms with E-state index in [1.54, 1.807) is 21.0 Å². The first kappa shape index (κ1) is 19.3. The third kappa shape index (κ3) is 6.07. The molecule has 0 aliphatic carbocycles. The molecule has 1 atom stereocenters. The van der Waals surface area contributed by atoms with Crippen molar-refractivity contribution in [2.75, 3.05) is 27.2 Å². The van der Waals surface area contributed by atoms with Gasteiger partial charge in [-0.15, -0.1) is 0 Å². The van der Waals surface area contributed by atoms with Gasteiger partial charge in [-0.25, -0.2) is 4.79 Å². The molecule has 1 heterocycles. The molecule has 1 aliphatic heterocycles. The summed E-state index contributed by atoms with van der Waals surface area (Å²) in [6, 6.07) is 10.0. The molecular weight excluding hydrogens is 314 g/mol. The zero-order valence-corrected chi connectivity index (χ0v) is 15.7. The number of amides is 3. The lowest BCUT2D eigenvalue weighted by molar-refractivity contribution is -0.130. The second-order valence-corrected chi connectivity index (χ2v) is 7.21. The molecule has 1 unspecified atom stereocenters. The molecule has 5 heteroatoms. The zero-order chi connectivity index (χ0) is 18.2. The number of piperidine rings is 1. The van der Waals surface area contributed by atoms with Crippen molar-refractivity contribution in [3.63, 3.8) is 0 Å². The summed E-state index contributed by atoms with van der Waals surface area (Å²) in [5.74, 6) is 0.623. The Morgan fingerprint density at radius 1 is 1.20 bits per heavy atom. The van der Waals surface area contributed by atoms with Crippen LogP contribution in [0.1, 0.15) is 38.2 Å². The van der Waals surface area contributed by atoms with Crippen LogP contribution in [0.2, 0.25) is 0 Å². The van der Waals surface area contributed by atoms with Crippen LogP contribution >= 0.6 is 0 Å². The average molecular weight is 345 g/mol. The molecule has 1 saturated heterocycles. The minimum absolute atomic E-state index is 0.0795. The molecule has 1 fully saturated rings. The topological polar surface area (TPSA) is 52.7 Å². The molecule has 1 aromatic rings. The fourth-order valence-corrected chi connectivity index (χ4v) is 3.39. The molecule has 138 valence electrons. The van der Waals surface area contributed by atoms with Crippen molar-refractivity contribution in [3.05, 3.63) is 35.9 Å². The van der Waals surface area contributed by atoms with E-state index in [0.29, 0.717) is 5.92 Å². The van der Waals surface area contributed by atoms with E-state index < -0.39 is 6.04 Å². The van der Waals surface area contributed by atoms with Gasteiger partial charge >= 0.3 is 6.03 Å². The van der Waals surface area contributed by atoms with Crippen molar-refractivity contribution >= 4 is 11.9 Å². The monoisotopic (exact) mass is 345 g/mol. The molecule has 25 heavy (non-hydrogen) atoms. The molecule has 0 radical (unpaired) electrons. The standard InChI is InChI=1S/C20H31N3O2/c1-16(19(24)22(2)3)21-20(25)23-14-12-18(13-15-23)11-7-10-17-8-5-4-6-9-17/h4-6,8-9,16,18H,7,10-15H2,1-3H3,(H,21,25). The number of likely N-dealkylation sites (N-methyl/N-ethyl adjacent to an activating group) is 1. The number of carbonyl (C=O) groups is 2. The van der Waals surface area contributed by atoms with Gasteiger partial charge < -0.3 is 15.1 Å². The maximum Gasteiger partial charge on any atom is 0.318 e. The lowest BCUT2D eigenvalue weighted by Crippen LogP contribution is -2.51. The summed E-state index contributed by atoms with van der Waals surface area (Å²) in [5.41, 5.74) is 1.40. The van der Waals surface area contributed by atoms with E-state index in [4.69, 9.17) is 0 Å². The summed E-state index contributed by atoms with van der Waals surface area (Å²) in [6.45, 7) is 3.30. The maximum absolute atomic E-state index is 12.3. The first-order valence-electron chi connectivity index (χ1n) is 9.28.